The van der Waals surface area contributed by atoms with Crippen LogP contribution in [0.15, 0.2) is 12.1 Å². The Balaban J connectivity index is 2.40. The maximum atomic E-state index is 11.5. The van der Waals surface area contributed by atoms with Gasteiger partial charge in [-0.15, -0.1) is 10.2 Å². The van der Waals surface area contributed by atoms with Crippen molar-refractivity contribution < 1.29 is 9.53 Å². The number of carbonyl (C=O) groups excluding carboxylic acids is 1. The van der Waals surface area contributed by atoms with Gasteiger partial charge in [0, 0.05) is 6.54 Å². The Labute approximate surface area is 120 Å². The van der Waals surface area contributed by atoms with E-state index < -0.39 is 11.7 Å². The van der Waals surface area contributed by atoms with Gasteiger partial charge in [-0.2, -0.15) is 0 Å². The maximum Gasteiger partial charge on any atom is 0.413 e. The minimum Gasteiger partial charge on any atom is -0.444 e. The van der Waals surface area contributed by atoms with Crippen LogP contribution in [0.2, 0.25) is 0 Å². The summed E-state index contributed by atoms with van der Waals surface area (Å²) in [6.07, 6.45) is 2.96. The van der Waals surface area contributed by atoms with E-state index >= 15 is 0 Å². The number of hydrogen-bond acceptors (Lipinski definition) is 5. The maximum absolute atomic E-state index is 11.5. The molecule has 1 aromatic rings. The molecule has 0 spiro atoms. The van der Waals surface area contributed by atoms with E-state index in [4.69, 9.17) is 4.74 Å². The van der Waals surface area contributed by atoms with Crippen molar-refractivity contribution in [1.82, 2.24) is 10.2 Å². The molecule has 0 aromatic carbocycles. The van der Waals surface area contributed by atoms with E-state index in [0.717, 1.165) is 13.0 Å². The van der Waals surface area contributed by atoms with Gasteiger partial charge in [0.2, 0.25) is 0 Å². The van der Waals surface area contributed by atoms with Gasteiger partial charge >= 0.3 is 6.09 Å². The van der Waals surface area contributed by atoms with E-state index in [-0.39, 0.29) is 0 Å². The van der Waals surface area contributed by atoms with Crippen molar-refractivity contribution in [2.45, 2.75) is 52.6 Å². The van der Waals surface area contributed by atoms with Gasteiger partial charge in [-0.3, -0.25) is 5.32 Å². The van der Waals surface area contributed by atoms with Crippen LogP contribution in [0.4, 0.5) is 16.4 Å². The molecule has 1 rings (SSSR count). The quantitative estimate of drug-likeness (QED) is 0.781. The van der Waals surface area contributed by atoms with E-state index in [2.05, 4.69) is 27.8 Å². The number of ether oxygens (including phenoxy) is 1. The van der Waals surface area contributed by atoms with Crippen LogP contribution in [-0.2, 0) is 4.74 Å². The minimum atomic E-state index is -0.532. The predicted octanol–water partition coefficient (Wildman–Crippen LogP) is 3.43. The second-order valence-corrected chi connectivity index (χ2v) is 5.56. The van der Waals surface area contributed by atoms with Crippen LogP contribution in [-0.4, -0.2) is 28.4 Å². The van der Waals surface area contributed by atoms with Gasteiger partial charge in [0.05, 0.1) is 0 Å². The molecule has 0 saturated carbocycles. The molecule has 1 amide bonds. The Morgan fingerprint density at radius 2 is 1.85 bits per heavy atom. The van der Waals surface area contributed by atoms with Crippen LogP contribution in [0.25, 0.3) is 0 Å². The number of unbranched alkanes of at least 4 members (excludes halogenated alkanes) is 2. The molecule has 112 valence electrons. The zero-order chi connectivity index (χ0) is 15.0. The summed E-state index contributed by atoms with van der Waals surface area (Å²) >= 11 is 0. The van der Waals surface area contributed by atoms with Gasteiger partial charge in [-0.05, 0) is 39.3 Å². The number of nitrogens with one attached hydrogen (secondary N) is 2. The minimum absolute atomic E-state index is 0.373. The Hall–Kier alpha value is -1.85. The van der Waals surface area contributed by atoms with E-state index in [1.807, 2.05) is 20.8 Å². The van der Waals surface area contributed by atoms with Crippen molar-refractivity contribution in [1.29, 1.82) is 0 Å². The predicted molar refractivity (Wildman–Crippen MR) is 79.9 cm³/mol. The lowest BCUT2D eigenvalue weighted by molar-refractivity contribution is 0.0635. The van der Waals surface area contributed by atoms with Gasteiger partial charge < -0.3 is 10.1 Å². The highest BCUT2D eigenvalue weighted by molar-refractivity contribution is 5.83. The van der Waals surface area contributed by atoms with Crippen molar-refractivity contribution in [2.24, 2.45) is 0 Å². The Bertz CT molecular complexity index is 412. The van der Waals surface area contributed by atoms with Gasteiger partial charge in [0.15, 0.2) is 5.82 Å². The monoisotopic (exact) mass is 280 g/mol. The van der Waals surface area contributed by atoms with Crippen LogP contribution in [0.1, 0.15) is 47.0 Å². The summed E-state index contributed by atoms with van der Waals surface area (Å²) in [5.41, 5.74) is -0.529. The SMILES string of the molecule is CCCCCNc1ccc(NC(=O)OC(C)(C)C)nn1. The molecule has 1 heterocycles. The fourth-order valence-electron chi connectivity index (χ4n) is 1.49. The van der Waals surface area contributed by atoms with Crippen LogP contribution in [0.3, 0.4) is 0 Å². The molecule has 0 fully saturated rings. The van der Waals surface area contributed by atoms with Crippen molar-refractivity contribution in [2.75, 3.05) is 17.2 Å². The lowest BCUT2D eigenvalue weighted by Gasteiger charge is -2.19. The average molecular weight is 280 g/mol. The number of carbonyl (C=O) groups is 1. The highest BCUT2D eigenvalue weighted by Crippen LogP contribution is 2.10. The number of nitrogens with zero attached hydrogens (tertiary/aromatic N) is 2. The van der Waals surface area contributed by atoms with Crippen molar-refractivity contribution in [3.05, 3.63) is 12.1 Å². The molecular formula is C14H24N4O2. The lowest BCUT2D eigenvalue weighted by atomic mass is 10.2. The summed E-state index contributed by atoms with van der Waals surface area (Å²) < 4.78 is 5.13. The summed E-state index contributed by atoms with van der Waals surface area (Å²) in [6, 6.07) is 3.48. The number of anilines is 2. The highest BCUT2D eigenvalue weighted by Gasteiger charge is 2.16. The van der Waals surface area contributed by atoms with E-state index in [1.165, 1.54) is 12.8 Å². The Morgan fingerprint density at radius 1 is 1.20 bits per heavy atom. The summed E-state index contributed by atoms with van der Waals surface area (Å²) in [7, 11) is 0. The van der Waals surface area contributed by atoms with Crippen molar-refractivity contribution in [3.8, 4) is 0 Å². The molecule has 0 aliphatic rings. The standard InChI is InChI=1S/C14H24N4O2/c1-5-6-7-10-15-11-8-9-12(18-17-11)16-13(19)20-14(2,3)4/h8-9H,5-7,10H2,1-4H3,(H,15,17)(H,16,18,19). The van der Waals surface area contributed by atoms with Crippen LogP contribution < -0.4 is 10.6 Å². The zero-order valence-electron chi connectivity index (χ0n) is 12.7. The molecular weight excluding hydrogens is 256 g/mol. The largest absolute Gasteiger partial charge is 0.444 e. The molecule has 1 aromatic heterocycles. The second-order valence-electron chi connectivity index (χ2n) is 5.56. The van der Waals surface area contributed by atoms with E-state index in [1.54, 1.807) is 12.1 Å². The topological polar surface area (TPSA) is 76.1 Å². The molecule has 6 nitrogen and oxygen atoms in total. The van der Waals surface area contributed by atoms with Crippen molar-refractivity contribution in [3.63, 3.8) is 0 Å². The van der Waals surface area contributed by atoms with Gasteiger partial charge in [0.25, 0.3) is 0 Å². The lowest BCUT2D eigenvalue weighted by Crippen LogP contribution is -2.27. The molecule has 0 atom stereocenters. The first-order valence-corrected chi connectivity index (χ1v) is 6.98. The summed E-state index contributed by atoms with van der Waals surface area (Å²) in [6.45, 7) is 8.46. The first-order valence-electron chi connectivity index (χ1n) is 6.98. The summed E-state index contributed by atoms with van der Waals surface area (Å²) in [4.78, 5) is 11.5. The number of rotatable bonds is 6. The van der Waals surface area contributed by atoms with Gasteiger partial charge in [0.1, 0.15) is 11.4 Å². The molecule has 20 heavy (non-hydrogen) atoms. The number of aromatic nitrogens is 2. The van der Waals surface area contributed by atoms with E-state index in [9.17, 15) is 4.79 Å². The summed E-state index contributed by atoms with van der Waals surface area (Å²) in [5, 5.41) is 13.6. The third kappa shape index (κ3) is 6.92. The number of hydrogen-bond donors (Lipinski definition) is 2. The molecule has 2 N–H and O–H groups in total. The van der Waals surface area contributed by atoms with Crippen molar-refractivity contribution >= 4 is 17.7 Å². The molecule has 0 aliphatic carbocycles. The van der Waals surface area contributed by atoms with E-state index in [0.29, 0.717) is 11.6 Å². The van der Waals surface area contributed by atoms with Crippen LogP contribution in [0, 0.1) is 0 Å². The van der Waals surface area contributed by atoms with Crippen LogP contribution in [0.5, 0.6) is 0 Å². The highest BCUT2D eigenvalue weighted by atomic mass is 16.6. The third-order valence-corrected chi connectivity index (χ3v) is 2.38. The van der Waals surface area contributed by atoms with Gasteiger partial charge in [-0.25, -0.2) is 4.79 Å². The first kappa shape index (κ1) is 16.2. The molecule has 0 saturated heterocycles. The number of amides is 1. The average Bonchev–Trinajstić information content (AvgIpc) is 2.34. The smallest absolute Gasteiger partial charge is 0.413 e. The van der Waals surface area contributed by atoms with Gasteiger partial charge in [-0.1, -0.05) is 19.8 Å². The second kappa shape index (κ2) is 7.67. The first-order chi connectivity index (χ1) is 9.40. The summed E-state index contributed by atoms with van der Waals surface area (Å²) in [5.74, 6) is 1.08. The normalized spacial score (nSPS) is 11.0. The Morgan fingerprint density at radius 3 is 2.40 bits per heavy atom. The Kier molecular flexibility index (Phi) is 6.21. The van der Waals surface area contributed by atoms with Crippen LogP contribution >= 0.6 is 0 Å². The molecule has 0 radical (unpaired) electrons. The third-order valence-electron chi connectivity index (χ3n) is 2.38. The zero-order valence-corrected chi connectivity index (χ0v) is 12.7. The molecule has 6 heteroatoms. The molecule has 0 unspecified atom stereocenters. The molecule has 0 bridgehead atoms. The molecule has 0 aliphatic heterocycles. The fraction of sp³-hybridized carbons (Fsp3) is 0.643. The fourth-order valence-corrected chi connectivity index (χ4v) is 1.49.